The first-order valence-corrected chi connectivity index (χ1v) is 9.35. The molecule has 0 fully saturated rings. The average molecular weight is 388 g/mol. The van der Waals surface area contributed by atoms with Crippen molar-refractivity contribution in [1.29, 1.82) is 0 Å². The number of hydrogen-bond acceptors (Lipinski definition) is 2. The first-order chi connectivity index (χ1) is 14.0. The fourth-order valence-corrected chi connectivity index (χ4v) is 3.47. The predicted octanol–water partition coefficient (Wildman–Crippen LogP) is 5.48. The molecule has 146 valence electrons. The van der Waals surface area contributed by atoms with Gasteiger partial charge in [0.2, 0.25) is 0 Å². The predicted molar refractivity (Wildman–Crippen MR) is 114 cm³/mol. The lowest BCUT2D eigenvalue weighted by Crippen LogP contribution is -2.20. The molecule has 0 aliphatic rings. The van der Waals surface area contributed by atoms with Crippen molar-refractivity contribution in [2.75, 3.05) is 10.6 Å². The van der Waals surface area contributed by atoms with Gasteiger partial charge in [0.15, 0.2) is 0 Å². The number of amides is 2. The summed E-state index contributed by atoms with van der Waals surface area (Å²) in [6.07, 6.45) is 0. The summed E-state index contributed by atoms with van der Waals surface area (Å²) >= 11 is 0. The molecule has 0 atom stereocenters. The highest BCUT2D eigenvalue weighted by Crippen LogP contribution is 2.24. The second-order valence-electron chi connectivity index (χ2n) is 6.93. The van der Waals surface area contributed by atoms with Crippen molar-refractivity contribution in [2.45, 2.75) is 20.4 Å². The Morgan fingerprint density at radius 3 is 2.59 bits per heavy atom. The van der Waals surface area contributed by atoms with Crippen molar-refractivity contribution in [3.63, 3.8) is 0 Å². The number of aryl methyl sites for hydroxylation is 1. The van der Waals surface area contributed by atoms with Gasteiger partial charge in [-0.1, -0.05) is 48.5 Å². The number of hydrogen-bond donors (Lipinski definition) is 2. The van der Waals surface area contributed by atoms with Crippen LogP contribution in [-0.4, -0.2) is 15.8 Å². The fraction of sp³-hybridized carbons (Fsp3) is 0.130. The molecule has 3 aromatic carbocycles. The average Bonchev–Trinajstić information content (AvgIpc) is 2.96. The van der Waals surface area contributed by atoms with E-state index in [2.05, 4.69) is 40.0 Å². The number of anilines is 2. The van der Waals surface area contributed by atoms with E-state index in [0.717, 1.165) is 17.0 Å². The summed E-state index contributed by atoms with van der Waals surface area (Å²) in [5.74, 6) is -0.405. The Kier molecular flexibility index (Phi) is 4.99. The first kappa shape index (κ1) is 18.7. The summed E-state index contributed by atoms with van der Waals surface area (Å²) < 4.78 is 15.2. The van der Waals surface area contributed by atoms with E-state index >= 15 is 0 Å². The third-order valence-electron chi connectivity index (χ3n) is 4.90. The smallest absolute Gasteiger partial charge is 0.308 e. The van der Waals surface area contributed by atoms with Gasteiger partial charge in [-0.25, -0.2) is 9.18 Å². The third kappa shape index (κ3) is 3.96. The Morgan fingerprint density at radius 2 is 1.76 bits per heavy atom. The van der Waals surface area contributed by atoms with E-state index in [1.807, 2.05) is 36.7 Å². The summed E-state index contributed by atoms with van der Waals surface area (Å²) in [6, 6.07) is 19.8. The largest absolute Gasteiger partial charge is 0.323 e. The molecule has 1 aromatic heterocycles. The van der Waals surface area contributed by atoms with E-state index < -0.39 is 11.8 Å². The highest BCUT2D eigenvalue weighted by Gasteiger charge is 2.15. The normalized spacial score (nSPS) is 10.9. The zero-order valence-corrected chi connectivity index (χ0v) is 16.2. The Labute approximate surface area is 168 Å². The Bertz CT molecular complexity index is 1190. The third-order valence-corrected chi connectivity index (χ3v) is 4.90. The lowest BCUT2D eigenvalue weighted by atomic mass is 10.0. The summed E-state index contributed by atoms with van der Waals surface area (Å²) in [4.78, 5) is 12.4. The topological polar surface area (TPSA) is 59.0 Å². The quantitative estimate of drug-likeness (QED) is 0.486. The molecule has 29 heavy (non-hydrogen) atoms. The molecule has 0 spiro atoms. The number of fused-ring (bicyclic) bond motifs is 1. The molecule has 2 amide bonds. The molecule has 0 saturated heterocycles. The molecule has 4 aromatic rings. The lowest BCUT2D eigenvalue weighted by Gasteiger charge is -2.10. The number of carbonyl (C=O) groups is 1. The van der Waals surface area contributed by atoms with E-state index in [-0.39, 0.29) is 0 Å². The van der Waals surface area contributed by atoms with Crippen LogP contribution in [0, 0.1) is 19.7 Å². The number of benzene rings is 3. The van der Waals surface area contributed by atoms with Crippen LogP contribution in [-0.2, 0) is 6.54 Å². The van der Waals surface area contributed by atoms with Gasteiger partial charge in [0, 0.05) is 5.69 Å². The van der Waals surface area contributed by atoms with Gasteiger partial charge >= 0.3 is 6.03 Å². The number of rotatable bonds is 4. The van der Waals surface area contributed by atoms with E-state index in [1.165, 1.54) is 22.9 Å². The molecular formula is C23H21FN4O. The van der Waals surface area contributed by atoms with Crippen LogP contribution >= 0.6 is 0 Å². The highest BCUT2D eigenvalue weighted by atomic mass is 19.1. The second-order valence-corrected chi connectivity index (χ2v) is 6.93. The van der Waals surface area contributed by atoms with Crippen molar-refractivity contribution in [1.82, 2.24) is 9.78 Å². The van der Waals surface area contributed by atoms with E-state index in [9.17, 15) is 9.18 Å². The van der Waals surface area contributed by atoms with Gasteiger partial charge in [0.25, 0.3) is 0 Å². The lowest BCUT2D eigenvalue weighted by molar-refractivity contribution is 0.262. The number of halogens is 1. The molecule has 0 saturated carbocycles. The monoisotopic (exact) mass is 388 g/mol. The van der Waals surface area contributed by atoms with Crippen LogP contribution in [0.3, 0.4) is 0 Å². The minimum absolute atomic E-state index is 0.390. The van der Waals surface area contributed by atoms with Crippen LogP contribution in [0.5, 0.6) is 0 Å². The Morgan fingerprint density at radius 1 is 1.00 bits per heavy atom. The number of aromatic nitrogens is 2. The van der Waals surface area contributed by atoms with Gasteiger partial charge in [0.1, 0.15) is 5.82 Å². The van der Waals surface area contributed by atoms with E-state index in [0.29, 0.717) is 17.9 Å². The maximum Gasteiger partial charge on any atom is 0.323 e. The molecule has 6 heteroatoms. The van der Waals surface area contributed by atoms with Gasteiger partial charge in [-0.05, 0) is 48.4 Å². The minimum atomic E-state index is -0.438. The molecule has 0 bridgehead atoms. The Balaban J connectivity index is 1.55. The second kappa shape index (κ2) is 7.75. The fourth-order valence-electron chi connectivity index (χ4n) is 3.47. The van der Waals surface area contributed by atoms with Crippen LogP contribution < -0.4 is 10.6 Å². The van der Waals surface area contributed by atoms with Crippen molar-refractivity contribution in [3.05, 3.63) is 89.5 Å². The highest BCUT2D eigenvalue weighted by molar-refractivity contribution is 6.00. The van der Waals surface area contributed by atoms with Crippen molar-refractivity contribution in [3.8, 4) is 0 Å². The zero-order valence-electron chi connectivity index (χ0n) is 16.2. The molecule has 0 unspecified atom stereocenters. The molecular weight excluding hydrogens is 367 g/mol. The number of carbonyl (C=O) groups excluding carboxylic acids is 1. The molecule has 5 nitrogen and oxygen atoms in total. The molecule has 4 rings (SSSR count). The minimum Gasteiger partial charge on any atom is -0.308 e. The molecule has 1 heterocycles. The van der Waals surface area contributed by atoms with Crippen molar-refractivity contribution in [2.24, 2.45) is 0 Å². The maximum atomic E-state index is 13.3. The molecule has 2 N–H and O–H groups in total. The number of nitrogens with zero attached hydrogens (tertiary/aromatic N) is 2. The maximum absolute atomic E-state index is 13.3. The van der Waals surface area contributed by atoms with Crippen molar-refractivity contribution < 1.29 is 9.18 Å². The number of nitrogens with one attached hydrogen (secondary N) is 2. The van der Waals surface area contributed by atoms with Crippen molar-refractivity contribution >= 4 is 28.2 Å². The van der Waals surface area contributed by atoms with Gasteiger partial charge in [0.05, 0.1) is 23.6 Å². The van der Waals surface area contributed by atoms with Crippen LogP contribution in [0.2, 0.25) is 0 Å². The summed E-state index contributed by atoms with van der Waals surface area (Å²) in [6.45, 7) is 4.37. The first-order valence-electron chi connectivity index (χ1n) is 9.35. The Hall–Kier alpha value is -3.67. The van der Waals surface area contributed by atoms with Gasteiger partial charge in [-0.2, -0.15) is 5.10 Å². The zero-order chi connectivity index (χ0) is 20.4. The van der Waals surface area contributed by atoms with E-state index in [1.54, 1.807) is 12.1 Å². The summed E-state index contributed by atoms with van der Waals surface area (Å²) in [5.41, 5.74) is 3.77. The van der Waals surface area contributed by atoms with Gasteiger partial charge in [-0.15, -0.1) is 0 Å². The number of urea groups is 1. The molecule has 0 radical (unpaired) electrons. The standard InChI is InChI=1S/C23H21FN4O/c1-15-22(26-23(29)25-20-11-6-10-19(24)13-20)16(2)28(27-15)14-18-9-5-8-17-7-3-4-12-21(17)18/h3-13H,14H2,1-2H3,(H2,25,26,29). The van der Waals surface area contributed by atoms with Gasteiger partial charge in [-0.3, -0.25) is 4.68 Å². The molecule has 0 aliphatic heterocycles. The summed E-state index contributed by atoms with van der Waals surface area (Å²) in [7, 11) is 0. The van der Waals surface area contributed by atoms with Crippen LogP contribution in [0.15, 0.2) is 66.7 Å². The van der Waals surface area contributed by atoms with Crippen LogP contribution in [0.4, 0.5) is 20.6 Å². The molecule has 0 aliphatic carbocycles. The van der Waals surface area contributed by atoms with Gasteiger partial charge < -0.3 is 10.6 Å². The SMILES string of the molecule is Cc1nn(Cc2cccc3ccccc23)c(C)c1NC(=O)Nc1cccc(F)c1. The summed E-state index contributed by atoms with van der Waals surface area (Å²) in [5, 5.41) is 12.4. The van der Waals surface area contributed by atoms with Crippen LogP contribution in [0.1, 0.15) is 17.0 Å². The van der Waals surface area contributed by atoms with E-state index in [4.69, 9.17) is 0 Å². The van der Waals surface area contributed by atoms with Crippen LogP contribution in [0.25, 0.3) is 10.8 Å².